The van der Waals surface area contributed by atoms with Crippen molar-refractivity contribution in [2.75, 3.05) is 0 Å². The SMILES string of the molecule is CCCC(C)(C)[B]Br. The van der Waals surface area contributed by atoms with Crippen LogP contribution in [0.4, 0.5) is 0 Å². The highest BCUT2D eigenvalue weighted by atomic mass is 79.9. The second-order valence-electron chi connectivity index (χ2n) is 2.85. The third-order valence-corrected chi connectivity index (χ3v) is 2.43. The molecule has 8 heavy (non-hydrogen) atoms. The van der Waals surface area contributed by atoms with Gasteiger partial charge in [0.15, 0.2) is 0 Å². The van der Waals surface area contributed by atoms with E-state index in [1.165, 1.54) is 12.8 Å². The third-order valence-electron chi connectivity index (χ3n) is 1.19. The van der Waals surface area contributed by atoms with Crippen LogP contribution in [0.5, 0.6) is 0 Å². The zero-order valence-electron chi connectivity index (χ0n) is 5.87. The number of halogens is 1. The maximum Gasteiger partial charge on any atom is 0.212 e. The van der Waals surface area contributed by atoms with E-state index in [1.807, 2.05) is 0 Å². The van der Waals surface area contributed by atoms with E-state index in [-0.39, 0.29) is 0 Å². The van der Waals surface area contributed by atoms with Gasteiger partial charge in [-0.25, -0.2) is 0 Å². The van der Waals surface area contributed by atoms with Gasteiger partial charge in [0.05, 0.1) is 0 Å². The molecule has 0 aliphatic carbocycles. The quantitative estimate of drug-likeness (QED) is 0.579. The molecule has 0 spiro atoms. The van der Waals surface area contributed by atoms with Gasteiger partial charge in [-0.3, -0.25) is 0 Å². The second kappa shape index (κ2) is 3.55. The number of hydrogen-bond donors (Lipinski definition) is 0. The smallest absolute Gasteiger partial charge is 0.165 e. The molecule has 0 aliphatic rings. The van der Waals surface area contributed by atoms with Crippen molar-refractivity contribution in [2.24, 2.45) is 0 Å². The molecule has 2 heteroatoms. The van der Waals surface area contributed by atoms with Gasteiger partial charge < -0.3 is 0 Å². The summed E-state index contributed by atoms with van der Waals surface area (Å²) in [5, 5.41) is 0.384. The Hall–Kier alpha value is 0.545. The van der Waals surface area contributed by atoms with Gasteiger partial charge in [-0.15, -0.1) is 0 Å². The van der Waals surface area contributed by atoms with Gasteiger partial charge in [-0.05, 0) is 0 Å². The summed E-state index contributed by atoms with van der Waals surface area (Å²) in [4.78, 5) is 0. The average molecular weight is 176 g/mol. The minimum absolute atomic E-state index is 0.384. The molecule has 0 rings (SSSR count). The fourth-order valence-electron chi connectivity index (χ4n) is 0.699. The largest absolute Gasteiger partial charge is 0.212 e. The van der Waals surface area contributed by atoms with Crippen LogP contribution in [0.1, 0.15) is 33.6 Å². The molecule has 47 valence electrons. The van der Waals surface area contributed by atoms with Gasteiger partial charge in [0.2, 0.25) is 6.10 Å². The molecule has 0 saturated carbocycles. The van der Waals surface area contributed by atoms with Crippen molar-refractivity contribution in [3.05, 3.63) is 0 Å². The van der Waals surface area contributed by atoms with Crippen LogP contribution in [0.15, 0.2) is 0 Å². The van der Waals surface area contributed by atoms with E-state index < -0.39 is 0 Å². The highest BCUT2D eigenvalue weighted by molar-refractivity contribution is 9.23. The van der Waals surface area contributed by atoms with Crippen molar-refractivity contribution in [3.63, 3.8) is 0 Å². The van der Waals surface area contributed by atoms with Crippen LogP contribution in [-0.4, -0.2) is 6.10 Å². The first kappa shape index (κ1) is 8.54. The van der Waals surface area contributed by atoms with E-state index in [0.29, 0.717) is 5.31 Å². The average Bonchev–Trinajstić information content (AvgIpc) is 1.67. The molecular weight excluding hydrogens is 163 g/mol. The van der Waals surface area contributed by atoms with Gasteiger partial charge in [0, 0.05) is 0 Å². The highest BCUT2D eigenvalue weighted by Gasteiger charge is 2.14. The normalized spacial score (nSPS) is 11.5. The molecule has 0 amide bonds. The molecule has 0 aliphatic heterocycles. The molecular formula is C6H13BBr. The number of rotatable bonds is 3. The lowest BCUT2D eigenvalue weighted by molar-refractivity contribution is 0.599. The highest BCUT2D eigenvalue weighted by Crippen LogP contribution is 2.30. The Morgan fingerprint density at radius 2 is 2.00 bits per heavy atom. The Labute approximate surface area is 61.3 Å². The van der Waals surface area contributed by atoms with E-state index in [4.69, 9.17) is 0 Å². The zero-order chi connectivity index (χ0) is 6.62. The maximum atomic E-state index is 3.35. The van der Waals surface area contributed by atoms with E-state index in [9.17, 15) is 0 Å². The molecule has 0 N–H and O–H groups in total. The minimum atomic E-state index is 0.384. The summed E-state index contributed by atoms with van der Waals surface area (Å²) in [6.45, 7) is 6.66. The molecule has 1 radical (unpaired) electrons. The summed E-state index contributed by atoms with van der Waals surface area (Å²) in [6, 6.07) is 0. The lowest BCUT2D eigenvalue weighted by atomic mass is 9.69. The van der Waals surface area contributed by atoms with Crippen molar-refractivity contribution in [1.82, 2.24) is 0 Å². The molecule has 0 unspecified atom stereocenters. The summed E-state index contributed by atoms with van der Waals surface area (Å²) < 4.78 is 0. The van der Waals surface area contributed by atoms with Crippen molar-refractivity contribution >= 4 is 21.9 Å². The molecule has 0 aromatic rings. The third kappa shape index (κ3) is 3.53. The van der Waals surface area contributed by atoms with Crippen molar-refractivity contribution in [2.45, 2.75) is 38.9 Å². The van der Waals surface area contributed by atoms with Crippen LogP contribution >= 0.6 is 15.8 Å². The van der Waals surface area contributed by atoms with Gasteiger partial charge >= 0.3 is 0 Å². The molecule has 0 fully saturated rings. The van der Waals surface area contributed by atoms with Gasteiger partial charge in [0.1, 0.15) is 0 Å². The first-order chi connectivity index (χ1) is 3.62. The Kier molecular flexibility index (Phi) is 3.79. The Bertz CT molecular complexity index is 61.5. The van der Waals surface area contributed by atoms with Gasteiger partial charge in [-0.1, -0.05) is 38.9 Å². The first-order valence-corrected chi connectivity index (χ1v) is 3.98. The molecule has 0 nitrogen and oxygen atoms in total. The predicted octanol–water partition coefficient (Wildman–Crippen LogP) is 3.00. The molecule has 0 aromatic carbocycles. The first-order valence-electron chi connectivity index (χ1n) is 3.07. The topological polar surface area (TPSA) is 0 Å². The maximum absolute atomic E-state index is 3.35. The lowest BCUT2D eigenvalue weighted by Crippen LogP contribution is -2.06. The fourth-order valence-corrected chi connectivity index (χ4v) is 0.928. The van der Waals surface area contributed by atoms with Crippen molar-refractivity contribution in [1.29, 1.82) is 0 Å². The minimum Gasteiger partial charge on any atom is -0.165 e. The van der Waals surface area contributed by atoms with Gasteiger partial charge in [0.25, 0.3) is 0 Å². The van der Waals surface area contributed by atoms with Crippen LogP contribution < -0.4 is 0 Å². The summed E-state index contributed by atoms with van der Waals surface area (Å²) >= 11 is 3.35. The van der Waals surface area contributed by atoms with E-state index >= 15 is 0 Å². The predicted molar refractivity (Wildman–Crippen MR) is 43.6 cm³/mol. The second-order valence-corrected chi connectivity index (χ2v) is 3.31. The monoisotopic (exact) mass is 175 g/mol. The van der Waals surface area contributed by atoms with E-state index in [0.717, 1.165) is 0 Å². The Morgan fingerprint density at radius 1 is 1.50 bits per heavy atom. The summed E-state index contributed by atoms with van der Waals surface area (Å²) in [6.07, 6.45) is 4.61. The summed E-state index contributed by atoms with van der Waals surface area (Å²) in [5.41, 5.74) is 0. The van der Waals surface area contributed by atoms with Crippen LogP contribution in [0.2, 0.25) is 5.31 Å². The Balaban J connectivity index is 3.37. The molecule has 0 saturated heterocycles. The zero-order valence-corrected chi connectivity index (χ0v) is 7.46. The standard InChI is InChI=1S/C6H13BBr/c1-4-5-6(2,3)7-8/h4-5H2,1-3H3. The van der Waals surface area contributed by atoms with E-state index in [2.05, 4.69) is 42.6 Å². The van der Waals surface area contributed by atoms with Crippen LogP contribution in [0, 0.1) is 0 Å². The van der Waals surface area contributed by atoms with E-state index in [1.54, 1.807) is 0 Å². The molecule has 0 atom stereocenters. The number of hydrogen-bond acceptors (Lipinski definition) is 0. The van der Waals surface area contributed by atoms with Gasteiger partial charge in [-0.2, -0.15) is 15.8 Å². The Morgan fingerprint density at radius 3 is 2.12 bits per heavy atom. The van der Waals surface area contributed by atoms with Crippen molar-refractivity contribution < 1.29 is 0 Å². The summed E-state index contributed by atoms with van der Waals surface area (Å²) in [7, 11) is 0. The molecule has 0 bridgehead atoms. The van der Waals surface area contributed by atoms with Crippen LogP contribution in [0.25, 0.3) is 0 Å². The van der Waals surface area contributed by atoms with Crippen LogP contribution in [0.3, 0.4) is 0 Å². The fraction of sp³-hybridized carbons (Fsp3) is 1.00. The lowest BCUT2D eigenvalue weighted by Gasteiger charge is -2.18. The summed E-state index contributed by atoms with van der Waals surface area (Å²) in [5.74, 6) is 0. The van der Waals surface area contributed by atoms with Crippen LogP contribution in [-0.2, 0) is 0 Å². The molecule has 0 heterocycles. The molecule has 0 aromatic heterocycles. The van der Waals surface area contributed by atoms with Crippen molar-refractivity contribution in [3.8, 4) is 0 Å².